The summed E-state index contributed by atoms with van der Waals surface area (Å²) in [6.07, 6.45) is 11.4. The van der Waals surface area contributed by atoms with E-state index in [2.05, 4.69) is 16.9 Å². The van der Waals surface area contributed by atoms with Gasteiger partial charge in [-0.3, -0.25) is 9.79 Å². The lowest BCUT2D eigenvalue weighted by atomic mass is 10.0. The van der Waals surface area contributed by atoms with Crippen molar-refractivity contribution in [3.63, 3.8) is 0 Å². The molecule has 2 fully saturated rings. The van der Waals surface area contributed by atoms with Gasteiger partial charge >= 0.3 is 5.91 Å². The van der Waals surface area contributed by atoms with E-state index in [-0.39, 0.29) is 11.6 Å². The molecule has 29 heavy (non-hydrogen) atoms. The van der Waals surface area contributed by atoms with Crippen LogP contribution in [0.15, 0.2) is 71.1 Å². The Morgan fingerprint density at radius 3 is 2.79 bits per heavy atom. The fourth-order valence-electron chi connectivity index (χ4n) is 3.30. The fourth-order valence-corrected chi connectivity index (χ4v) is 3.30. The number of carbonyl (C=O) groups is 1. The first-order chi connectivity index (χ1) is 14.1. The zero-order valence-corrected chi connectivity index (χ0v) is 16.6. The second-order valence-corrected chi connectivity index (χ2v) is 7.65. The lowest BCUT2D eigenvalue weighted by molar-refractivity contribution is -0.616. The minimum absolute atomic E-state index is 0.0843. The number of aliphatic imine (C=N–C) groups is 1. The van der Waals surface area contributed by atoms with Gasteiger partial charge in [0.25, 0.3) is 5.69 Å². The summed E-state index contributed by atoms with van der Waals surface area (Å²) in [5, 5.41) is 15.5. The maximum Gasteiger partial charge on any atom is 0.321 e. The molecule has 1 heterocycles. The largest absolute Gasteiger partial charge is 0.618 e. The Bertz CT molecular complexity index is 964. The molecular weight excluding hydrogens is 366 g/mol. The van der Waals surface area contributed by atoms with Crippen LogP contribution in [0.25, 0.3) is 0 Å². The fraction of sp³-hybridized carbons (Fsp3) is 0.348. The van der Waals surface area contributed by atoms with Crippen molar-refractivity contribution < 1.29 is 14.3 Å². The number of hydrogen-bond donors (Lipinski definition) is 1. The number of pyridine rings is 1. The van der Waals surface area contributed by atoms with Crippen LogP contribution in [0.5, 0.6) is 0 Å². The second kappa shape index (κ2) is 8.07. The van der Waals surface area contributed by atoms with Gasteiger partial charge in [-0.25, -0.2) is 0 Å². The predicted octanol–water partition coefficient (Wildman–Crippen LogP) is 3.32. The highest BCUT2D eigenvalue weighted by atomic mass is 16.5. The average molecular weight is 391 g/mol. The number of nitrogens with one attached hydrogen (secondary N) is 1. The molecular formula is C23H25N3O3. The molecule has 0 spiro atoms. The minimum atomic E-state index is -0.454. The summed E-state index contributed by atoms with van der Waals surface area (Å²) in [5.41, 5.74) is 2.83. The van der Waals surface area contributed by atoms with Crippen LogP contribution in [-0.4, -0.2) is 25.3 Å². The Balaban J connectivity index is 1.60. The molecule has 2 saturated carbocycles. The van der Waals surface area contributed by atoms with Crippen LogP contribution in [0.3, 0.4) is 0 Å². The lowest BCUT2D eigenvalue weighted by Crippen LogP contribution is -2.42. The molecule has 1 N–H and O–H groups in total. The third-order valence-electron chi connectivity index (χ3n) is 5.29. The molecule has 0 aromatic carbocycles. The Kier molecular flexibility index (Phi) is 5.34. The van der Waals surface area contributed by atoms with Crippen molar-refractivity contribution in [2.45, 2.75) is 31.6 Å². The third-order valence-corrected chi connectivity index (χ3v) is 5.29. The number of aromatic nitrogens is 1. The summed E-state index contributed by atoms with van der Waals surface area (Å²) in [6.45, 7) is 4.35. The van der Waals surface area contributed by atoms with Gasteiger partial charge in [-0.15, -0.1) is 0 Å². The van der Waals surface area contributed by atoms with E-state index in [4.69, 9.17) is 4.74 Å². The lowest BCUT2D eigenvalue weighted by Gasteiger charge is -2.20. The number of carbonyl (C=O) groups excluding carboxylic acids is 1. The van der Waals surface area contributed by atoms with E-state index in [0.29, 0.717) is 29.7 Å². The van der Waals surface area contributed by atoms with Crippen molar-refractivity contribution in [2.75, 3.05) is 13.7 Å². The van der Waals surface area contributed by atoms with Gasteiger partial charge in [-0.2, -0.15) is 4.73 Å². The van der Waals surface area contributed by atoms with Crippen LogP contribution in [0.4, 0.5) is 0 Å². The van der Waals surface area contributed by atoms with Crippen molar-refractivity contribution in [1.82, 2.24) is 5.32 Å². The van der Waals surface area contributed by atoms with Crippen LogP contribution in [0, 0.1) is 11.1 Å². The summed E-state index contributed by atoms with van der Waals surface area (Å²) < 4.78 is 6.73. The van der Waals surface area contributed by atoms with Crippen LogP contribution >= 0.6 is 0 Å². The standard InChI is InChI=1S/C23H25N3O3/c1-3-5-17-12-19(22(13-18(17)24-2)29-14-15-8-9-15)25-23(27)21-7-4-6-20(26(21)28)16-10-11-16/h3-7,12-13,15-16H,1,8-11,14H2,2H3,(H,25,27)/b17-5-,24-18-. The van der Waals surface area contributed by atoms with Crippen molar-refractivity contribution >= 4 is 11.6 Å². The molecule has 0 radical (unpaired) electrons. The van der Waals surface area contributed by atoms with Gasteiger partial charge in [0.2, 0.25) is 0 Å². The molecule has 150 valence electrons. The Hall–Kier alpha value is -3.15. The summed E-state index contributed by atoms with van der Waals surface area (Å²) in [6, 6.07) is 5.10. The highest BCUT2D eigenvalue weighted by molar-refractivity contribution is 6.12. The van der Waals surface area contributed by atoms with Crippen molar-refractivity contribution in [2.24, 2.45) is 10.9 Å². The average Bonchev–Trinajstić information content (AvgIpc) is 3.62. The van der Waals surface area contributed by atoms with E-state index in [1.54, 1.807) is 31.3 Å². The summed E-state index contributed by atoms with van der Waals surface area (Å²) >= 11 is 0. The first-order valence-electron chi connectivity index (χ1n) is 10.0. The first kappa shape index (κ1) is 19.2. The smallest absolute Gasteiger partial charge is 0.321 e. The summed E-state index contributed by atoms with van der Waals surface area (Å²) in [7, 11) is 1.71. The van der Waals surface area contributed by atoms with Gasteiger partial charge in [0.15, 0.2) is 5.69 Å². The molecule has 6 heteroatoms. The molecule has 0 saturated heterocycles. The van der Waals surface area contributed by atoms with E-state index >= 15 is 0 Å². The van der Waals surface area contributed by atoms with Gasteiger partial charge in [0.1, 0.15) is 5.76 Å². The zero-order chi connectivity index (χ0) is 20.4. The quantitative estimate of drug-likeness (QED) is 0.572. The van der Waals surface area contributed by atoms with Crippen LogP contribution in [0.1, 0.15) is 47.8 Å². The molecule has 0 bridgehead atoms. The number of amides is 1. The molecule has 1 aromatic heterocycles. The van der Waals surface area contributed by atoms with E-state index in [1.807, 2.05) is 18.2 Å². The molecule has 3 aliphatic rings. The number of rotatable bonds is 7. The first-order valence-corrected chi connectivity index (χ1v) is 10.0. The molecule has 4 rings (SSSR count). The van der Waals surface area contributed by atoms with Crippen LogP contribution in [-0.2, 0) is 4.74 Å². The number of nitrogens with zero attached hydrogens (tertiary/aromatic N) is 2. The maximum atomic E-state index is 12.9. The van der Waals surface area contributed by atoms with Gasteiger partial charge in [0.05, 0.1) is 18.0 Å². The molecule has 1 amide bonds. The van der Waals surface area contributed by atoms with Crippen molar-refractivity contribution in [3.05, 3.63) is 82.7 Å². The highest BCUT2D eigenvalue weighted by Crippen LogP contribution is 2.38. The highest BCUT2D eigenvalue weighted by Gasteiger charge is 2.33. The maximum absolute atomic E-state index is 12.9. The third kappa shape index (κ3) is 4.31. The van der Waals surface area contributed by atoms with Gasteiger partial charge in [0, 0.05) is 36.7 Å². The van der Waals surface area contributed by atoms with Gasteiger partial charge in [-0.05, 0) is 43.7 Å². The van der Waals surface area contributed by atoms with E-state index in [9.17, 15) is 10.0 Å². The molecule has 0 unspecified atom stereocenters. The normalized spacial score (nSPS) is 21.6. The van der Waals surface area contributed by atoms with E-state index in [1.165, 1.54) is 12.8 Å². The minimum Gasteiger partial charge on any atom is -0.618 e. The van der Waals surface area contributed by atoms with Gasteiger partial charge < -0.3 is 15.3 Å². The van der Waals surface area contributed by atoms with Crippen LogP contribution in [0.2, 0.25) is 0 Å². The molecule has 1 aromatic rings. The number of ether oxygens (including phenoxy) is 1. The van der Waals surface area contributed by atoms with E-state index < -0.39 is 5.91 Å². The zero-order valence-electron chi connectivity index (χ0n) is 16.6. The number of hydrogen-bond acceptors (Lipinski definition) is 4. The summed E-state index contributed by atoms with van der Waals surface area (Å²) in [5.74, 6) is 0.934. The topological polar surface area (TPSA) is 77.6 Å². The van der Waals surface area contributed by atoms with Crippen molar-refractivity contribution in [3.8, 4) is 0 Å². The monoisotopic (exact) mass is 391 g/mol. The Morgan fingerprint density at radius 1 is 1.34 bits per heavy atom. The molecule has 0 atom stereocenters. The Morgan fingerprint density at radius 2 is 2.14 bits per heavy atom. The van der Waals surface area contributed by atoms with Crippen molar-refractivity contribution in [1.29, 1.82) is 0 Å². The molecule has 6 nitrogen and oxygen atoms in total. The second-order valence-electron chi connectivity index (χ2n) is 7.65. The Labute approximate surface area is 170 Å². The van der Waals surface area contributed by atoms with Crippen LogP contribution < -0.4 is 10.0 Å². The number of allylic oxidation sites excluding steroid dienone is 5. The predicted molar refractivity (Wildman–Crippen MR) is 111 cm³/mol. The van der Waals surface area contributed by atoms with Gasteiger partial charge in [-0.1, -0.05) is 18.7 Å². The molecule has 0 aliphatic heterocycles. The molecule has 3 aliphatic carbocycles. The SMILES string of the molecule is C=C/C=C1/C=C(NC(=O)c2cccc(C3CC3)[n+]2[O-])C(OCC2CC2)=C/C1=N/C. The van der Waals surface area contributed by atoms with E-state index in [0.717, 1.165) is 28.9 Å². The summed E-state index contributed by atoms with van der Waals surface area (Å²) in [4.78, 5) is 17.2.